The van der Waals surface area contributed by atoms with Gasteiger partial charge in [0.05, 0.1) is 0 Å². The third-order valence-corrected chi connectivity index (χ3v) is 2.05. The van der Waals surface area contributed by atoms with Crippen molar-refractivity contribution in [1.29, 1.82) is 0 Å². The molecule has 0 amide bonds. The lowest BCUT2D eigenvalue weighted by Gasteiger charge is -2.10. The van der Waals surface area contributed by atoms with E-state index in [-0.39, 0.29) is 0 Å². The van der Waals surface area contributed by atoms with Crippen molar-refractivity contribution in [2.75, 3.05) is 13.6 Å². The van der Waals surface area contributed by atoms with Gasteiger partial charge in [-0.25, -0.2) is 0 Å². The molecule has 1 unspecified atom stereocenters. The van der Waals surface area contributed by atoms with Gasteiger partial charge < -0.3 is 10.4 Å². The summed E-state index contributed by atoms with van der Waals surface area (Å²) in [6, 6.07) is 7.46. The highest BCUT2D eigenvalue weighted by Gasteiger charge is 2.02. The van der Waals surface area contributed by atoms with Gasteiger partial charge in [0.25, 0.3) is 0 Å². The summed E-state index contributed by atoms with van der Waals surface area (Å²) in [5.41, 5.74) is 1.20. The van der Waals surface area contributed by atoms with Crippen LogP contribution >= 0.6 is 0 Å². The molecule has 0 bridgehead atoms. The number of hydrogen-bond donors (Lipinski definition) is 2. The van der Waals surface area contributed by atoms with Crippen molar-refractivity contribution in [3.05, 3.63) is 29.8 Å². The molecule has 1 atom stereocenters. The Morgan fingerprint density at radius 1 is 1.46 bits per heavy atom. The van der Waals surface area contributed by atoms with E-state index >= 15 is 0 Å². The van der Waals surface area contributed by atoms with Crippen LogP contribution in [0.5, 0.6) is 5.75 Å². The Morgan fingerprint density at radius 3 is 2.85 bits per heavy atom. The molecule has 0 aliphatic carbocycles. The number of rotatable bonds is 4. The SMILES string of the molecule is CNCC(C)Cc1cccc(O)c1. The second kappa shape index (κ2) is 4.87. The maximum absolute atomic E-state index is 9.24. The molecule has 0 saturated heterocycles. The van der Waals surface area contributed by atoms with Gasteiger partial charge in [0.2, 0.25) is 0 Å². The number of phenolic OH excluding ortho intramolecular Hbond substituents is 1. The van der Waals surface area contributed by atoms with E-state index in [1.54, 1.807) is 6.07 Å². The molecule has 0 spiro atoms. The average molecular weight is 179 g/mol. The number of aromatic hydroxyl groups is 1. The molecule has 13 heavy (non-hydrogen) atoms. The molecule has 0 fully saturated rings. The Morgan fingerprint density at radius 2 is 2.23 bits per heavy atom. The van der Waals surface area contributed by atoms with E-state index in [2.05, 4.69) is 12.2 Å². The van der Waals surface area contributed by atoms with E-state index in [0.29, 0.717) is 11.7 Å². The number of nitrogens with one attached hydrogen (secondary N) is 1. The van der Waals surface area contributed by atoms with Crippen LogP contribution in [0.1, 0.15) is 12.5 Å². The van der Waals surface area contributed by atoms with Crippen LogP contribution in [-0.2, 0) is 6.42 Å². The zero-order chi connectivity index (χ0) is 9.68. The summed E-state index contributed by atoms with van der Waals surface area (Å²) in [5, 5.41) is 12.4. The van der Waals surface area contributed by atoms with Crippen LogP contribution in [-0.4, -0.2) is 18.7 Å². The first-order chi connectivity index (χ1) is 6.22. The van der Waals surface area contributed by atoms with Crippen LogP contribution in [0.3, 0.4) is 0 Å². The minimum absolute atomic E-state index is 0.356. The highest BCUT2D eigenvalue weighted by Crippen LogP contribution is 2.14. The van der Waals surface area contributed by atoms with Gasteiger partial charge in [-0.15, -0.1) is 0 Å². The Kier molecular flexibility index (Phi) is 3.77. The summed E-state index contributed by atoms with van der Waals surface area (Å²) in [5.74, 6) is 0.959. The normalized spacial score (nSPS) is 12.8. The summed E-state index contributed by atoms with van der Waals surface area (Å²) in [4.78, 5) is 0. The molecule has 0 heterocycles. The van der Waals surface area contributed by atoms with Gasteiger partial charge in [0, 0.05) is 0 Å². The molecule has 0 aliphatic heterocycles. The molecule has 0 aliphatic rings. The molecule has 1 rings (SSSR count). The van der Waals surface area contributed by atoms with Gasteiger partial charge in [-0.3, -0.25) is 0 Å². The third kappa shape index (κ3) is 3.47. The van der Waals surface area contributed by atoms with Crippen LogP contribution in [0.15, 0.2) is 24.3 Å². The summed E-state index contributed by atoms with van der Waals surface area (Å²) < 4.78 is 0. The largest absolute Gasteiger partial charge is 0.508 e. The van der Waals surface area contributed by atoms with Crippen molar-refractivity contribution in [3.63, 3.8) is 0 Å². The predicted molar refractivity (Wildman–Crippen MR) is 54.9 cm³/mol. The second-order valence-corrected chi connectivity index (χ2v) is 3.54. The topological polar surface area (TPSA) is 32.3 Å². The lowest BCUT2D eigenvalue weighted by atomic mass is 10.0. The van der Waals surface area contributed by atoms with Gasteiger partial charge in [-0.1, -0.05) is 19.1 Å². The van der Waals surface area contributed by atoms with Crippen molar-refractivity contribution in [2.45, 2.75) is 13.3 Å². The van der Waals surface area contributed by atoms with Crippen LogP contribution < -0.4 is 5.32 Å². The molecule has 2 N–H and O–H groups in total. The molecule has 0 aromatic heterocycles. The fraction of sp³-hybridized carbons (Fsp3) is 0.455. The predicted octanol–water partition coefficient (Wildman–Crippen LogP) is 1.79. The fourth-order valence-electron chi connectivity index (χ4n) is 1.51. The Bertz CT molecular complexity index is 260. The fourth-order valence-corrected chi connectivity index (χ4v) is 1.51. The monoisotopic (exact) mass is 179 g/mol. The zero-order valence-corrected chi connectivity index (χ0v) is 8.25. The van der Waals surface area contributed by atoms with E-state index in [4.69, 9.17) is 0 Å². The minimum atomic E-state index is 0.356. The maximum Gasteiger partial charge on any atom is 0.115 e. The Labute approximate surface area is 79.6 Å². The molecular weight excluding hydrogens is 162 g/mol. The highest BCUT2D eigenvalue weighted by atomic mass is 16.3. The van der Waals surface area contributed by atoms with E-state index in [0.717, 1.165) is 13.0 Å². The van der Waals surface area contributed by atoms with E-state index in [1.165, 1.54) is 5.56 Å². The first-order valence-corrected chi connectivity index (χ1v) is 4.65. The van der Waals surface area contributed by atoms with E-state index < -0.39 is 0 Å². The van der Waals surface area contributed by atoms with E-state index in [9.17, 15) is 5.11 Å². The lowest BCUT2D eigenvalue weighted by Crippen LogP contribution is -2.17. The molecule has 1 aromatic carbocycles. The maximum atomic E-state index is 9.24. The molecule has 72 valence electrons. The molecular formula is C11H17NO. The van der Waals surface area contributed by atoms with Crippen LogP contribution in [0.2, 0.25) is 0 Å². The van der Waals surface area contributed by atoms with Crippen LogP contribution in [0, 0.1) is 5.92 Å². The lowest BCUT2D eigenvalue weighted by molar-refractivity contribution is 0.473. The van der Waals surface area contributed by atoms with Crippen molar-refractivity contribution >= 4 is 0 Å². The third-order valence-electron chi connectivity index (χ3n) is 2.05. The standard InChI is InChI=1S/C11H17NO/c1-9(8-12-2)6-10-4-3-5-11(13)7-10/h3-5,7,9,12-13H,6,8H2,1-2H3. The van der Waals surface area contributed by atoms with Crippen molar-refractivity contribution in [2.24, 2.45) is 5.92 Å². The zero-order valence-electron chi connectivity index (χ0n) is 8.25. The number of benzene rings is 1. The van der Waals surface area contributed by atoms with Crippen LogP contribution in [0.25, 0.3) is 0 Å². The summed E-state index contributed by atoms with van der Waals surface area (Å²) in [6.45, 7) is 3.20. The van der Waals surface area contributed by atoms with Crippen molar-refractivity contribution < 1.29 is 5.11 Å². The first-order valence-electron chi connectivity index (χ1n) is 4.65. The molecule has 2 nitrogen and oxygen atoms in total. The molecule has 0 radical (unpaired) electrons. The number of hydrogen-bond acceptors (Lipinski definition) is 2. The molecule has 2 heteroatoms. The first kappa shape index (κ1) is 10.1. The number of phenols is 1. The Hall–Kier alpha value is -1.02. The van der Waals surface area contributed by atoms with Crippen LogP contribution in [0.4, 0.5) is 0 Å². The Balaban J connectivity index is 2.53. The van der Waals surface area contributed by atoms with Gasteiger partial charge in [0.1, 0.15) is 5.75 Å². The summed E-state index contributed by atoms with van der Waals surface area (Å²) in [6.07, 6.45) is 1.01. The van der Waals surface area contributed by atoms with Gasteiger partial charge in [-0.2, -0.15) is 0 Å². The second-order valence-electron chi connectivity index (χ2n) is 3.54. The highest BCUT2D eigenvalue weighted by molar-refractivity contribution is 5.27. The van der Waals surface area contributed by atoms with Gasteiger partial charge in [-0.05, 0) is 43.6 Å². The minimum Gasteiger partial charge on any atom is -0.508 e. The van der Waals surface area contributed by atoms with Crippen molar-refractivity contribution in [1.82, 2.24) is 5.32 Å². The molecule has 1 aromatic rings. The van der Waals surface area contributed by atoms with Gasteiger partial charge in [0.15, 0.2) is 0 Å². The van der Waals surface area contributed by atoms with E-state index in [1.807, 2.05) is 25.2 Å². The quantitative estimate of drug-likeness (QED) is 0.738. The van der Waals surface area contributed by atoms with Crippen molar-refractivity contribution in [3.8, 4) is 5.75 Å². The summed E-state index contributed by atoms with van der Waals surface area (Å²) >= 11 is 0. The average Bonchev–Trinajstić information content (AvgIpc) is 2.04. The molecule has 0 saturated carbocycles. The summed E-state index contributed by atoms with van der Waals surface area (Å²) in [7, 11) is 1.96. The smallest absolute Gasteiger partial charge is 0.115 e. The van der Waals surface area contributed by atoms with Gasteiger partial charge >= 0.3 is 0 Å².